The molecule has 4 rings (SSSR count). The molecular weight excluding hydrogens is 416 g/mol. The summed E-state index contributed by atoms with van der Waals surface area (Å²) in [6.07, 6.45) is -0.171. The van der Waals surface area contributed by atoms with Crippen LogP contribution < -0.4 is 0 Å². The first-order chi connectivity index (χ1) is 15.5. The largest absolute Gasteiger partial charge is 0.481 e. The first-order valence-electron chi connectivity index (χ1n) is 10.2. The molecule has 4 aromatic rings. The Morgan fingerprint density at radius 1 is 0.485 bits per heavy atom. The fourth-order valence-corrected chi connectivity index (χ4v) is 3.46. The molecule has 168 valence electrons. The number of aliphatic carboxylic acids is 2. The van der Waals surface area contributed by atoms with Gasteiger partial charge in [-0.05, 0) is 33.4 Å². The second kappa shape index (κ2) is 12.6. The van der Waals surface area contributed by atoms with E-state index in [1.807, 2.05) is 36.4 Å². The van der Waals surface area contributed by atoms with Crippen LogP contribution in [0.4, 0.5) is 0 Å². The summed E-state index contributed by atoms with van der Waals surface area (Å²) in [4.78, 5) is 21.8. The quantitative estimate of drug-likeness (QED) is 0.431. The predicted molar refractivity (Wildman–Crippen MR) is 130 cm³/mol. The highest BCUT2D eigenvalue weighted by molar-refractivity contribution is 5.80. The van der Waals surface area contributed by atoms with Crippen molar-refractivity contribution in [3.63, 3.8) is 0 Å². The van der Waals surface area contributed by atoms with E-state index in [4.69, 9.17) is 10.2 Å². The standard InChI is InChI=1S/C16H14O4.C12H10.H2O/c17-15(18)9-11-5-1-3-7-13(11)14-8-4-2-6-12(14)10-16(19)20;1-3-7-11(8-4-1)12-9-5-2-6-10-12;/h1-8H,9-10H2,(H,17,18)(H,19,20);1-10H;1H2. The highest BCUT2D eigenvalue weighted by atomic mass is 16.4. The molecule has 0 bridgehead atoms. The van der Waals surface area contributed by atoms with Gasteiger partial charge in [0.25, 0.3) is 0 Å². The third-order valence-corrected chi connectivity index (χ3v) is 4.89. The Balaban J connectivity index is 0.000000253. The maximum Gasteiger partial charge on any atom is 0.307 e. The summed E-state index contributed by atoms with van der Waals surface area (Å²) in [7, 11) is 0. The number of carboxylic acid groups (broad SMARTS) is 2. The molecule has 0 saturated carbocycles. The minimum Gasteiger partial charge on any atom is -0.481 e. The van der Waals surface area contributed by atoms with Crippen LogP contribution in [-0.2, 0) is 22.4 Å². The molecule has 0 aliphatic heterocycles. The van der Waals surface area contributed by atoms with Crippen molar-refractivity contribution in [2.24, 2.45) is 0 Å². The summed E-state index contributed by atoms with van der Waals surface area (Å²) in [5.74, 6) is -1.82. The summed E-state index contributed by atoms with van der Waals surface area (Å²) >= 11 is 0. The molecule has 0 unspecified atom stereocenters. The van der Waals surface area contributed by atoms with Gasteiger partial charge in [-0.3, -0.25) is 9.59 Å². The van der Waals surface area contributed by atoms with Gasteiger partial charge in [0.05, 0.1) is 12.8 Å². The van der Waals surface area contributed by atoms with Crippen LogP contribution in [0.2, 0.25) is 0 Å². The zero-order chi connectivity index (χ0) is 22.8. The molecule has 0 atom stereocenters. The molecule has 0 saturated heterocycles. The molecule has 4 N–H and O–H groups in total. The summed E-state index contributed by atoms with van der Waals surface area (Å²) in [6, 6.07) is 35.1. The second-order valence-corrected chi connectivity index (χ2v) is 7.19. The minimum atomic E-state index is -0.909. The fraction of sp³-hybridized carbons (Fsp3) is 0.0714. The number of hydrogen-bond donors (Lipinski definition) is 2. The molecule has 0 radical (unpaired) electrons. The zero-order valence-corrected chi connectivity index (χ0v) is 18.0. The molecule has 0 amide bonds. The zero-order valence-electron chi connectivity index (χ0n) is 18.0. The van der Waals surface area contributed by atoms with Crippen molar-refractivity contribution >= 4 is 11.9 Å². The van der Waals surface area contributed by atoms with Crippen molar-refractivity contribution in [2.75, 3.05) is 0 Å². The lowest BCUT2D eigenvalue weighted by molar-refractivity contribution is -0.137. The van der Waals surface area contributed by atoms with E-state index in [2.05, 4.69) is 48.5 Å². The Hall–Kier alpha value is -4.22. The monoisotopic (exact) mass is 442 g/mol. The molecule has 0 aromatic heterocycles. The van der Waals surface area contributed by atoms with Gasteiger partial charge in [-0.1, -0.05) is 109 Å². The summed E-state index contributed by atoms with van der Waals surface area (Å²) < 4.78 is 0. The number of hydrogen-bond acceptors (Lipinski definition) is 2. The number of carboxylic acids is 2. The molecule has 33 heavy (non-hydrogen) atoms. The van der Waals surface area contributed by atoms with E-state index in [1.54, 1.807) is 24.3 Å². The van der Waals surface area contributed by atoms with E-state index in [0.29, 0.717) is 11.1 Å². The van der Waals surface area contributed by atoms with Crippen molar-refractivity contribution in [1.29, 1.82) is 0 Å². The summed E-state index contributed by atoms with van der Waals surface area (Å²) in [5, 5.41) is 17.9. The van der Waals surface area contributed by atoms with Gasteiger partial charge in [0.2, 0.25) is 0 Å². The van der Waals surface area contributed by atoms with E-state index in [0.717, 1.165) is 11.1 Å². The SMILES string of the molecule is O.O=C(O)Cc1ccccc1-c1ccccc1CC(=O)O.c1ccc(-c2ccccc2)cc1. The molecule has 0 aliphatic rings. The van der Waals surface area contributed by atoms with Crippen LogP contribution >= 0.6 is 0 Å². The Bertz CT molecular complexity index is 1080. The van der Waals surface area contributed by atoms with E-state index >= 15 is 0 Å². The van der Waals surface area contributed by atoms with Crippen LogP contribution in [0.25, 0.3) is 22.3 Å². The first-order valence-corrected chi connectivity index (χ1v) is 10.2. The molecule has 0 spiro atoms. The van der Waals surface area contributed by atoms with Crippen molar-refractivity contribution in [2.45, 2.75) is 12.8 Å². The van der Waals surface area contributed by atoms with E-state index in [1.165, 1.54) is 11.1 Å². The first kappa shape index (κ1) is 25.0. The average Bonchev–Trinajstić information content (AvgIpc) is 2.81. The molecule has 4 aromatic carbocycles. The third kappa shape index (κ3) is 7.45. The normalized spacial score (nSPS) is 9.70. The minimum absolute atomic E-state index is 0. The number of carbonyl (C=O) groups is 2. The van der Waals surface area contributed by atoms with Crippen molar-refractivity contribution in [3.8, 4) is 22.3 Å². The molecule has 0 aliphatic carbocycles. The Kier molecular flexibility index (Phi) is 9.55. The van der Waals surface area contributed by atoms with Crippen molar-refractivity contribution in [1.82, 2.24) is 0 Å². The lowest BCUT2D eigenvalue weighted by Crippen LogP contribution is -2.05. The van der Waals surface area contributed by atoms with Crippen LogP contribution in [0.3, 0.4) is 0 Å². The van der Waals surface area contributed by atoms with Gasteiger partial charge in [0.15, 0.2) is 0 Å². The fourth-order valence-electron chi connectivity index (χ4n) is 3.46. The van der Waals surface area contributed by atoms with E-state index in [9.17, 15) is 9.59 Å². The van der Waals surface area contributed by atoms with Gasteiger partial charge in [-0.15, -0.1) is 0 Å². The lowest BCUT2D eigenvalue weighted by Gasteiger charge is -2.12. The van der Waals surface area contributed by atoms with Gasteiger partial charge < -0.3 is 15.7 Å². The molecule has 5 heteroatoms. The molecule has 5 nitrogen and oxygen atoms in total. The smallest absolute Gasteiger partial charge is 0.307 e. The molecule has 0 fully saturated rings. The van der Waals surface area contributed by atoms with E-state index in [-0.39, 0.29) is 18.3 Å². The highest BCUT2D eigenvalue weighted by Gasteiger charge is 2.12. The third-order valence-electron chi connectivity index (χ3n) is 4.89. The summed E-state index contributed by atoms with van der Waals surface area (Å²) in [6.45, 7) is 0. The van der Waals surface area contributed by atoms with Crippen molar-refractivity contribution < 1.29 is 25.3 Å². The maximum atomic E-state index is 10.9. The van der Waals surface area contributed by atoms with Gasteiger partial charge in [-0.25, -0.2) is 0 Å². The highest BCUT2D eigenvalue weighted by Crippen LogP contribution is 2.28. The van der Waals surface area contributed by atoms with Gasteiger partial charge in [0.1, 0.15) is 0 Å². The Labute approximate surface area is 192 Å². The molecular formula is C28H26O5. The second-order valence-electron chi connectivity index (χ2n) is 7.19. The van der Waals surface area contributed by atoms with Crippen LogP contribution in [0.15, 0.2) is 109 Å². The van der Waals surface area contributed by atoms with Crippen molar-refractivity contribution in [3.05, 3.63) is 120 Å². The van der Waals surface area contributed by atoms with Crippen LogP contribution in [-0.4, -0.2) is 27.6 Å². The molecule has 0 heterocycles. The average molecular weight is 443 g/mol. The Morgan fingerprint density at radius 3 is 1.12 bits per heavy atom. The number of benzene rings is 4. The Morgan fingerprint density at radius 2 is 0.788 bits per heavy atom. The van der Waals surface area contributed by atoms with Crippen LogP contribution in [0.1, 0.15) is 11.1 Å². The predicted octanol–water partition coefficient (Wildman–Crippen LogP) is 5.14. The topological polar surface area (TPSA) is 106 Å². The van der Waals surface area contributed by atoms with Crippen LogP contribution in [0, 0.1) is 0 Å². The van der Waals surface area contributed by atoms with E-state index < -0.39 is 11.9 Å². The summed E-state index contributed by atoms with van der Waals surface area (Å²) in [5.41, 5.74) is 5.45. The lowest BCUT2D eigenvalue weighted by atomic mass is 9.93. The maximum absolute atomic E-state index is 10.9. The van der Waals surface area contributed by atoms with Gasteiger partial charge in [-0.2, -0.15) is 0 Å². The number of rotatable bonds is 6. The van der Waals surface area contributed by atoms with Gasteiger partial charge in [0, 0.05) is 0 Å². The van der Waals surface area contributed by atoms with Crippen LogP contribution in [0.5, 0.6) is 0 Å². The van der Waals surface area contributed by atoms with Gasteiger partial charge >= 0.3 is 11.9 Å².